The van der Waals surface area contributed by atoms with Crippen LogP contribution >= 0.6 is 12.2 Å². The topological polar surface area (TPSA) is 54.9 Å². The van der Waals surface area contributed by atoms with Crippen molar-refractivity contribution in [2.75, 3.05) is 7.11 Å². The van der Waals surface area contributed by atoms with Gasteiger partial charge in [-0.3, -0.25) is 5.43 Å². The number of nitrogens with one attached hydrogen (secondary N) is 2. The average molecular weight is 424 g/mol. The summed E-state index contributed by atoms with van der Waals surface area (Å²) in [5, 5.41) is 7.67. The molecule has 0 aliphatic carbocycles. The summed E-state index contributed by atoms with van der Waals surface area (Å²) in [5.41, 5.74) is 5.61. The summed E-state index contributed by atoms with van der Waals surface area (Å²) in [4.78, 5) is 0. The minimum Gasteiger partial charge on any atom is -0.493 e. The van der Waals surface area contributed by atoms with Crippen molar-refractivity contribution in [3.05, 3.63) is 95.3 Å². The normalized spacial score (nSPS) is 10.6. The van der Waals surface area contributed by atoms with Gasteiger partial charge in [-0.25, -0.2) is 4.39 Å². The van der Waals surface area contributed by atoms with Crippen LogP contribution in [0.5, 0.6) is 11.5 Å². The van der Waals surface area contributed by atoms with E-state index in [0.717, 1.165) is 16.7 Å². The molecular formula is C23H22FN3O2S. The molecule has 3 aromatic carbocycles. The molecule has 0 aromatic heterocycles. The van der Waals surface area contributed by atoms with Crippen molar-refractivity contribution in [3.8, 4) is 11.5 Å². The molecule has 0 bridgehead atoms. The zero-order valence-corrected chi connectivity index (χ0v) is 17.3. The highest BCUT2D eigenvalue weighted by molar-refractivity contribution is 7.80. The van der Waals surface area contributed by atoms with Gasteiger partial charge in [0.15, 0.2) is 16.6 Å². The molecule has 3 aromatic rings. The summed E-state index contributed by atoms with van der Waals surface area (Å²) in [6.07, 6.45) is 1.64. The zero-order chi connectivity index (χ0) is 21.2. The first kappa shape index (κ1) is 21.3. The van der Waals surface area contributed by atoms with Crippen LogP contribution in [0.3, 0.4) is 0 Å². The summed E-state index contributed by atoms with van der Waals surface area (Å²) >= 11 is 5.22. The van der Waals surface area contributed by atoms with Crippen LogP contribution < -0.4 is 20.2 Å². The minimum atomic E-state index is -0.275. The number of thiocarbonyl (C=S) groups is 1. The van der Waals surface area contributed by atoms with Gasteiger partial charge in [0.1, 0.15) is 12.4 Å². The van der Waals surface area contributed by atoms with Crippen LogP contribution in [0.15, 0.2) is 77.9 Å². The van der Waals surface area contributed by atoms with E-state index in [1.54, 1.807) is 31.5 Å². The summed E-state index contributed by atoms with van der Waals surface area (Å²) in [7, 11) is 1.57. The van der Waals surface area contributed by atoms with E-state index in [2.05, 4.69) is 15.8 Å². The maximum Gasteiger partial charge on any atom is 0.187 e. The number of methoxy groups -OCH3 is 1. The molecule has 154 valence electrons. The van der Waals surface area contributed by atoms with Crippen LogP contribution in [-0.4, -0.2) is 18.4 Å². The fourth-order valence-corrected chi connectivity index (χ4v) is 2.73. The van der Waals surface area contributed by atoms with Crippen LogP contribution in [-0.2, 0) is 13.2 Å². The lowest BCUT2D eigenvalue weighted by Gasteiger charge is -2.11. The third-order valence-electron chi connectivity index (χ3n) is 4.17. The van der Waals surface area contributed by atoms with Gasteiger partial charge in [0.05, 0.1) is 13.3 Å². The molecule has 0 unspecified atom stereocenters. The van der Waals surface area contributed by atoms with E-state index >= 15 is 0 Å². The Bertz CT molecular complexity index is 995. The summed E-state index contributed by atoms with van der Waals surface area (Å²) in [6, 6.07) is 21.6. The molecule has 0 saturated carbocycles. The second-order valence-electron chi connectivity index (χ2n) is 6.36. The molecule has 0 aliphatic heterocycles. The third kappa shape index (κ3) is 6.56. The Morgan fingerprint density at radius 3 is 2.50 bits per heavy atom. The summed E-state index contributed by atoms with van der Waals surface area (Å²) < 4.78 is 24.2. The molecule has 0 saturated heterocycles. The second-order valence-corrected chi connectivity index (χ2v) is 6.77. The van der Waals surface area contributed by atoms with E-state index in [1.807, 2.05) is 42.5 Å². The number of rotatable bonds is 8. The first-order chi connectivity index (χ1) is 14.6. The molecule has 30 heavy (non-hydrogen) atoms. The van der Waals surface area contributed by atoms with Crippen LogP contribution in [0.25, 0.3) is 0 Å². The molecule has 0 aliphatic rings. The number of ether oxygens (including phenoxy) is 2. The van der Waals surface area contributed by atoms with Crippen LogP contribution in [0.4, 0.5) is 4.39 Å². The van der Waals surface area contributed by atoms with Crippen molar-refractivity contribution in [2.24, 2.45) is 5.10 Å². The van der Waals surface area contributed by atoms with Gasteiger partial charge >= 0.3 is 0 Å². The second kappa shape index (κ2) is 10.9. The number of halogens is 1. The van der Waals surface area contributed by atoms with E-state index in [9.17, 15) is 4.39 Å². The highest BCUT2D eigenvalue weighted by atomic mass is 32.1. The maximum absolute atomic E-state index is 13.0. The molecule has 3 rings (SSSR count). The number of benzene rings is 3. The standard InChI is InChI=1S/C23H22FN3O2S/c1-28-22-13-19(9-12-21(22)29-16-18-7-10-20(24)11-8-18)15-26-27-23(30)25-14-17-5-3-2-4-6-17/h2-13,15H,14,16H2,1H3,(H2,25,27,30)/b26-15+. The lowest BCUT2D eigenvalue weighted by atomic mass is 10.2. The number of hydrogen-bond acceptors (Lipinski definition) is 4. The lowest BCUT2D eigenvalue weighted by Crippen LogP contribution is -2.31. The molecule has 2 N–H and O–H groups in total. The highest BCUT2D eigenvalue weighted by Crippen LogP contribution is 2.28. The Morgan fingerprint density at radius 2 is 1.77 bits per heavy atom. The van der Waals surface area contributed by atoms with Crippen LogP contribution in [0.2, 0.25) is 0 Å². The molecule has 0 amide bonds. The SMILES string of the molecule is COc1cc(/C=N/NC(=S)NCc2ccccc2)ccc1OCc1ccc(F)cc1. The molecule has 5 nitrogen and oxygen atoms in total. The number of nitrogens with zero attached hydrogens (tertiary/aromatic N) is 1. The van der Waals surface area contributed by atoms with Crippen molar-refractivity contribution in [1.29, 1.82) is 0 Å². The van der Waals surface area contributed by atoms with Gasteiger partial charge in [0.25, 0.3) is 0 Å². The largest absolute Gasteiger partial charge is 0.493 e. The average Bonchev–Trinajstić information content (AvgIpc) is 2.78. The van der Waals surface area contributed by atoms with Crippen molar-refractivity contribution in [2.45, 2.75) is 13.2 Å². The number of hydrogen-bond donors (Lipinski definition) is 2. The smallest absolute Gasteiger partial charge is 0.187 e. The summed E-state index contributed by atoms with van der Waals surface area (Å²) in [6.45, 7) is 0.934. The van der Waals surface area contributed by atoms with Gasteiger partial charge < -0.3 is 14.8 Å². The van der Waals surface area contributed by atoms with Crippen molar-refractivity contribution < 1.29 is 13.9 Å². The zero-order valence-electron chi connectivity index (χ0n) is 16.5. The van der Waals surface area contributed by atoms with Crippen molar-refractivity contribution >= 4 is 23.5 Å². The van der Waals surface area contributed by atoms with Crippen molar-refractivity contribution in [1.82, 2.24) is 10.7 Å². The van der Waals surface area contributed by atoms with E-state index in [1.165, 1.54) is 12.1 Å². The van der Waals surface area contributed by atoms with Gasteiger partial charge in [0, 0.05) is 6.54 Å². The van der Waals surface area contributed by atoms with E-state index in [4.69, 9.17) is 21.7 Å². The first-order valence-corrected chi connectivity index (χ1v) is 9.71. The predicted octanol–water partition coefficient (Wildman–Crippen LogP) is 4.41. The highest BCUT2D eigenvalue weighted by Gasteiger charge is 2.06. The van der Waals surface area contributed by atoms with Gasteiger partial charge in [-0.1, -0.05) is 42.5 Å². The Balaban J connectivity index is 1.52. The lowest BCUT2D eigenvalue weighted by molar-refractivity contribution is 0.284. The Kier molecular flexibility index (Phi) is 7.74. The Hall–Kier alpha value is -3.45. The summed E-state index contributed by atoms with van der Waals surface area (Å²) in [5.74, 6) is 0.890. The fraction of sp³-hybridized carbons (Fsp3) is 0.130. The minimum absolute atomic E-state index is 0.275. The molecule has 0 radical (unpaired) electrons. The molecule has 7 heteroatoms. The van der Waals surface area contributed by atoms with Crippen LogP contribution in [0, 0.1) is 5.82 Å². The Morgan fingerprint density at radius 1 is 1.00 bits per heavy atom. The number of hydrazone groups is 1. The Labute approximate surface area is 180 Å². The maximum atomic E-state index is 13.0. The third-order valence-corrected chi connectivity index (χ3v) is 4.41. The van der Waals surface area contributed by atoms with Gasteiger partial charge in [-0.15, -0.1) is 0 Å². The first-order valence-electron chi connectivity index (χ1n) is 9.30. The monoisotopic (exact) mass is 423 g/mol. The molecule has 0 spiro atoms. The van der Waals surface area contributed by atoms with E-state index < -0.39 is 0 Å². The van der Waals surface area contributed by atoms with Crippen LogP contribution in [0.1, 0.15) is 16.7 Å². The predicted molar refractivity (Wildman–Crippen MR) is 120 cm³/mol. The molecule has 0 heterocycles. The van der Waals surface area contributed by atoms with Gasteiger partial charge in [-0.2, -0.15) is 5.10 Å². The quantitative estimate of drug-likeness (QED) is 0.319. The molecular weight excluding hydrogens is 401 g/mol. The van der Waals surface area contributed by atoms with E-state index in [-0.39, 0.29) is 5.82 Å². The van der Waals surface area contributed by atoms with E-state index in [0.29, 0.717) is 29.8 Å². The molecule has 0 fully saturated rings. The molecule has 0 atom stereocenters. The fourth-order valence-electron chi connectivity index (χ4n) is 2.61. The van der Waals surface area contributed by atoms with Crippen molar-refractivity contribution in [3.63, 3.8) is 0 Å². The van der Waals surface area contributed by atoms with Gasteiger partial charge in [-0.05, 0) is 59.2 Å². The van der Waals surface area contributed by atoms with Gasteiger partial charge in [0.2, 0.25) is 0 Å².